The lowest BCUT2D eigenvalue weighted by Gasteiger charge is -2.10. The van der Waals surface area contributed by atoms with Crippen LogP contribution in [0.2, 0.25) is 0 Å². The first-order valence-corrected chi connectivity index (χ1v) is 9.65. The highest BCUT2D eigenvalue weighted by Gasteiger charge is 2.26. The maximum Gasteiger partial charge on any atom is 0.256 e. The molecule has 0 saturated carbocycles. The maximum absolute atomic E-state index is 12.3. The summed E-state index contributed by atoms with van der Waals surface area (Å²) in [5.41, 5.74) is 2.21. The Morgan fingerprint density at radius 3 is 2.60 bits per heavy atom. The predicted molar refractivity (Wildman–Crippen MR) is 95.1 cm³/mol. The van der Waals surface area contributed by atoms with Crippen LogP contribution in [0.4, 0.5) is 5.69 Å². The minimum Gasteiger partial charge on any atom is -0.491 e. The summed E-state index contributed by atoms with van der Waals surface area (Å²) in [6.07, 6.45) is 2.66. The Morgan fingerprint density at radius 2 is 2.00 bits per heavy atom. The van der Waals surface area contributed by atoms with Crippen LogP contribution in [0, 0.1) is 6.92 Å². The third-order valence-corrected chi connectivity index (χ3v) is 4.74. The second kappa shape index (κ2) is 6.03. The zero-order chi connectivity index (χ0) is 18.4. The van der Waals surface area contributed by atoms with Gasteiger partial charge in [-0.25, -0.2) is 13.4 Å². The molecule has 1 amide bonds. The van der Waals surface area contributed by atoms with Gasteiger partial charge in [-0.05, 0) is 45.0 Å². The second-order valence-corrected chi connectivity index (χ2v) is 8.14. The van der Waals surface area contributed by atoms with Crippen LogP contribution in [-0.4, -0.2) is 36.7 Å². The summed E-state index contributed by atoms with van der Waals surface area (Å²) in [5, 5.41) is 2.76. The topological polar surface area (TPSA) is 101 Å². The molecule has 0 aliphatic carbocycles. The van der Waals surface area contributed by atoms with E-state index in [1.54, 1.807) is 31.2 Å². The van der Waals surface area contributed by atoms with Crippen molar-refractivity contribution in [2.75, 3.05) is 11.6 Å². The maximum atomic E-state index is 12.3. The number of aryl methyl sites for hydroxylation is 1. The number of aromatic nitrogens is 2. The molecule has 2 heterocycles. The Hall–Kier alpha value is -2.61. The molecule has 0 unspecified atom stereocenters. The Morgan fingerprint density at radius 1 is 1.28 bits per heavy atom. The number of imidazole rings is 1. The lowest BCUT2D eigenvalue weighted by molar-refractivity contribution is -0.110. The van der Waals surface area contributed by atoms with E-state index in [4.69, 9.17) is 4.74 Å². The minimum absolute atomic E-state index is 0.0144. The number of nitrogens with zero attached hydrogens (tertiary/aromatic N) is 1. The average molecular weight is 361 g/mol. The van der Waals surface area contributed by atoms with E-state index >= 15 is 0 Å². The molecule has 1 aromatic carbocycles. The van der Waals surface area contributed by atoms with Gasteiger partial charge in [-0.15, -0.1) is 0 Å². The lowest BCUT2D eigenvalue weighted by Crippen LogP contribution is -2.05. The van der Waals surface area contributed by atoms with E-state index in [1.807, 2.05) is 13.8 Å². The van der Waals surface area contributed by atoms with Gasteiger partial charge in [-0.3, -0.25) is 4.79 Å². The van der Waals surface area contributed by atoms with E-state index in [9.17, 15) is 13.2 Å². The summed E-state index contributed by atoms with van der Waals surface area (Å²) in [6, 6.07) is 5.36. The number of benzene rings is 1. The fraction of sp³-hybridized carbons (Fsp3) is 0.294. The van der Waals surface area contributed by atoms with Crippen molar-refractivity contribution in [1.82, 2.24) is 9.97 Å². The number of hydrogen-bond donors (Lipinski definition) is 2. The quantitative estimate of drug-likeness (QED) is 0.814. The molecule has 0 bridgehead atoms. The van der Waals surface area contributed by atoms with Crippen LogP contribution in [0.1, 0.15) is 30.9 Å². The van der Waals surface area contributed by atoms with Crippen LogP contribution in [0.25, 0.3) is 11.6 Å². The van der Waals surface area contributed by atoms with Crippen molar-refractivity contribution in [2.24, 2.45) is 0 Å². The fourth-order valence-corrected chi connectivity index (χ4v) is 3.56. The normalized spacial score (nSPS) is 15.6. The summed E-state index contributed by atoms with van der Waals surface area (Å²) in [7, 11) is -3.43. The third kappa shape index (κ3) is 3.43. The van der Waals surface area contributed by atoms with E-state index < -0.39 is 9.84 Å². The Kier molecular flexibility index (Phi) is 4.16. The molecule has 2 aromatic rings. The number of nitrogens with one attached hydrogen (secondary N) is 2. The number of hydrogen-bond acceptors (Lipinski definition) is 5. The van der Waals surface area contributed by atoms with Gasteiger partial charge in [0.1, 0.15) is 11.6 Å². The summed E-state index contributed by atoms with van der Waals surface area (Å²) in [6.45, 7) is 5.47. The summed E-state index contributed by atoms with van der Waals surface area (Å²) in [4.78, 5) is 19.3. The highest BCUT2D eigenvalue weighted by molar-refractivity contribution is 7.90. The zero-order valence-electron chi connectivity index (χ0n) is 14.4. The van der Waals surface area contributed by atoms with Crippen LogP contribution < -0.4 is 10.1 Å². The highest BCUT2D eigenvalue weighted by Crippen LogP contribution is 2.35. The molecule has 0 saturated heterocycles. The monoisotopic (exact) mass is 361 g/mol. The van der Waals surface area contributed by atoms with E-state index in [0.29, 0.717) is 34.1 Å². The van der Waals surface area contributed by atoms with Crippen molar-refractivity contribution in [3.05, 3.63) is 35.3 Å². The molecule has 8 heteroatoms. The number of amides is 1. The lowest BCUT2D eigenvalue weighted by atomic mass is 10.1. The van der Waals surface area contributed by atoms with Gasteiger partial charge in [0.25, 0.3) is 5.91 Å². The molecule has 3 rings (SSSR count). The molecular formula is C17H19N3O4S. The zero-order valence-corrected chi connectivity index (χ0v) is 15.2. The van der Waals surface area contributed by atoms with Gasteiger partial charge in [0.05, 0.1) is 17.4 Å². The first-order chi connectivity index (χ1) is 11.6. The van der Waals surface area contributed by atoms with Crippen molar-refractivity contribution in [1.29, 1.82) is 0 Å². The molecule has 0 fully saturated rings. The second-order valence-electron chi connectivity index (χ2n) is 6.21. The molecule has 1 aliphatic heterocycles. The molecule has 1 aromatic heterocycles. The molecule has 7 nitrogen and oxygen atoms in total. The van der Waals surface area contributed by atoms with E-state index in [1.165, 1.54) is 0 Å². The van der Waals surface area contributed by atoms with Crippen LogP contribution in [0.3, 0.4) is 0 Å². The number of sulfone groups is 1. The van der Waals surface area contributed by atoms with E-state index in [2.05, 4.69) is 15.3 Å². The van der Waals surface area contributed by atoms with E-state index in [-0.39, 0.29) is 17.0 Å². The van der Waals surface area contributed by atoms with Gasteiger partial charge in [-0.2, -0.15) is 0 Å². The molecule has 1 aliphatic rings. The van der Waals surface area contributed by atoms with Crippen LogP contribution in [0.15, 0.2) is 23.2 Å². The smallest absolute Gasteiger partial charge is 0.256 e. The largest absolute Gasteiger partial charge is 0.491 e. The average Bonchev–Trinajstić information content (AvgIpc) is 3.00. The summed E-state index contributed by atoms with van der Waals surface area (Å²) < 4.78 is 29.1. The van der Waals surface area contributed by atoms with Crippen LogP contribution in [-0.2, 0) is 14.6 Å². The van der Waals surface area contributed by atoms with Crippen molar-refractivity contribution < 1.29 is 17.9 Å². The highest BCUT2D eigenvalue weighted by atomic mass is 32.2. The molecule has 132 valence electrons. The number of H-pyrrole nitrogens is 1. The van der Waals surface area contributed by atoms with Gasteiger partial charge in [0.15, 0.2) is 14.9 Å². The van der Waals surface area contributed by atoms with Gasteiger partial charge >= 0.3 is 0 Å². The third-order valence-electron chi connectivity index (χ3n) is 3.64. The first kappa shape index (κ1) is 17.2. The molecule has 0 atom stereocenters. The fourth-order valence-electron chi connectivity index (χ4n) is 2.69. The van der Waals surface area contributed by atoms with Gasteiger partial charge in [0, 0.05) is 17.5 Å². The number of carbonyl (C=O) groups excluding carboxylic acids is 1. The molecule has 2 N–H and O–H groups in total. The minimum atomic E-state index is -3.43. The first-order valence-electron chi connectivity index (χ1n) is 7.76. The van der Waals surface area contributed by atoms with Gasteiger partial charge < -0.3 is 15.0 Å². The Bertz CT molecular complexity index is 987. The number of anilines is 1. The number of rotatable bonds is 4. The van der Waals surface area contributed by atoms with Gasteiger partial charge in [0.2, 0.25) is 0 Å². The van der Waals surface area contributed by atoms with Crippen molar-refractivity contribution in [2.45, 2.75) is 31.9 Å². The predicted octanol–water partition coefficient (Wildman–Crippen LogP) is 2.40. The van der Waals surface area contributed by atoms with Crippen LogP contribution in [0.5, 0.6) is 5.75 Å². The van der Waals surface area contributed by atoms with Crippen molar-refractivity contribution >= 4 is 33.1 Å². The molecule has 0 radical (unpaired) electrons. The standard InChI is InChI=1S/C17H19N3O4S/c1-9(2)24-11-5-6-14-12(7-11)13(16(21)19-14)8-15-18-10(3)17(20-15)25(4,22)23/h5-9H,1-4H3,(H,18,20)(H,19,21)/b13-8-. The van der Waals surface area contributed by atoms with Crippen LogP contribution >= 0.6 is 0 Å². The summed E-state index contributed by atoms with van der Waals surface area (Å²) >= 11 is 0. The summed E-state index contributed by atoms with van der Waals surface area (Å²) in [5.74, 6) is 0.696. The number of fused-ring (bicyclic) bond motifs is 1. The van der Waals surface area contributed by atoms with Crippen molar-refractivity contribution in [3.63, 3.8) is 0 Å². The SMILES string of the molecule is Cc1[nH]c(/C=C2\C(=O)Nc3ccc(OC(C)C)cc32)nc1S(C)(=O)=O. The number of ether oxygens (including phenoxy) is 1. The molecule has 25 heavy (non-hydrogen) atoms. The van der Waals surface area contributed by atoms with Crippen molar-refractivity contribution in [3.8, 4) is 5.75 Å². The number of aromatic amines is 1. The molecular weight excluding hydrogens is 342 g/mol. The molecule has 0 spiro atoms. The Balaban J connectivity index is 2.04. The van der Waals surface area contributed by atoms with E-state index in [0.717, 1.165) is 6.26 Å². The number of carbonyl (C=O) groups is 1. The Labute approximate surface area is 146 Å². The van der Waals surface area contributed by atoms with Gasteiger partial charge in [-0.1, -0.05) is 0 Å².